The molecular weight excluding hydrogens is 236 g/mol. The van der Waals surface area contributed by atoms with Crippen molar-refractivity contribution >= 4 is 5.97 Å². The van der Waals surface area contributed by atoms with Crippen molar-refractivity contribution in [2.45, 2.75) is 32.0 Å². The number of hydrogen-bond donors (Lipinski definition) is 3. The molecule has 3 N–H and O–H groups in total. The maximum Gasteiger partial charge on any atom is 0.306 e. The second-order valence-electron chi connectivity index (χ2n) is 4.03. The number of carbonyl (C=O) groups is 1. The molecule has 0 bridgehead atoms. The molecule has 18 heavy (non-hydrogen) atoms. The fraction of sp³-hybridized carbons (Fsp3) is 0.462. The first kappa shape index (κ1) is 14.5. The van der Waals surface area contributed by atoms with Crippen LogP contribution in [0, 0.1) is 0 Å². The van der Waals surface area contributed by atoms with Gasteiger partial charge in [0, 0.05) is 0 Å². The molecule has 1 aromatic rings. The van der Waals surface area contributed by atoms with Gasteiger partial charge in [0.2, 0.25) is 0 Å². The minimum absolute atomic E-state index is 0.442. The van der Waals surface area contributed by atoms with Gasteiger partial charge in [-0.1, -0.05) is 19.1 Å². The number of benzene rings is 1. The molecular formula is C13H18O5. The summed E-state index contributed by atoms with van der Waals surface area (Å²) in [6.45, 7) is 2.55. The van der Waals surface area contributed by atoms with Crippen molar-refractivity contribution in [1.29, 1.82) is 0 Å². The van der Waals surface area contributed by atoms with E-state index in [1.54, 1.807) is 24.3 Å². The third-order valence-corrected chi connectivity index (χ3v) is 2.42. The van der Waals surface area contributed by atoms with Crippen molar-refractivity contribution in [3.8, 4) is 5.75 Å². The molecule has 0 aliphatic heterocycles. The Morgan fingerprint density at radius 1 is 1.39 bits per heavy atom. The highest BCUT2D eigenvalue weighted by Gasteiger charge is 2.21. The van der Waals surface area contributed by atoms with E-state index in [1.807, 2.05) is 6.92 Å². The maximum atomic E-state index is 10.5. The summed E-state index contributed by atoms with van der Waals surface area (Å²) in [5.74, 6) is -0.559. The minimum atomic E-state index is -1.33. The molecule has 0 spiro atoms. The summed E-state index contributed by atoms with van der Waals surface area (Å²) in [6.07, 6.45) is -2.19. The molecule has 5 nitrogen and oxygen atoms in total. The molecule has 0 saturated carbocycles. The molecule has 0 heterocycles. The third-order valence-electron chi connectivity index (χ3n) is 2.42. The molecule has 0 aliphatic carbocycles. The van der Waals surface area contributed by atoms with Gasteiger partial charge in [0.05, 0.1) is 19.1 Å². The lowest BCUT2D eigenvalue weighted by Crippen LogP contribution is -2.21. The van der Waals surface area contributed by atoms with Crippen LogP contribution in [-0.2, 0) is 4.79 Å². The van der Waals surface area contributed by atoms with Gasteiger partial charge in [0.25, 0.3) is 0 Å². The molecule has 1 rings (SSSR count). The topological polar surface area (TPSA) is 87.0 Å². The van der Waals surface area contributed by atoms with Gasteiger partial charge in [-0.3, -0.25) is 4.79 Å². The van der Waals surface area contributed by atoms with E-state index in [4.69, 9.17) is 9.84 Å². The summed E-state index contributed by atoms with van der Waals surface area (Å²) >= 11 is 0. The van der Waals surface area contributed by atoms with E-state index in [-0.39, 0.29) is 0 Å². The largest absolute Gasteiger partial charge is 0.494 e. The van der Waals surface area contributed by atoms with Crippen molar-refractivity contribution in [2.75, 3.05) is 6.61 Å². The van der Waals surface area contributed by atoms with E-state index in [0.717, 1.165) is 6.42 Å². The number of ether oxygens (including phenoxy) is 1. The van der Waals surface area contributed by atoms with Gasteiger partial charge in [-0.05, 0) is 24.1 Å². The molecule has 0 amide bonds. The van der Waals surface area contributed by atoms with E-state index in [0.29, 0.717) is 17.9 Å². The van der Waals surface area contributed by atoms with Gasteiger partial charge in [0.1, 0.15) is 11.9 Å². The van der Waals surface area contributed by atoms with Gasteiger partial charge < -0.3 is 20.1 Å². The first-order chi connectivity index (χ1) is 8.54. The second kappa shape index (κ2) is 6.98. The molecule has 5 heteroatoms. The maximum absolute atomic E-state index is 10.5. The zero-order valence-corrected chi connectivity index (χ0v) is 10.2. The van der Waals surface area contributed by atoms with Crippen LogP contribution in [0.3, 0.4) is 0 Å². The predicted molar refractivity (Wildman–Crippen MR) is 65.4 cm³/mol. The van der Waals surface area contributed by atoms with Crippen LogP contribution >= 0.6 is 0 Å². The van der Waals surface area contributed by atoms with Crippen molar-refractivity contribution in [3.63, 3.8) is 0 Å². The monoisotopic (exact) mass is 254 g/mol. The molecule has 2 atom stereocenters. The highest BCUT2D eigenvalue weighted by molar-refractivity contribution is 5.67. The van der Waals surface area contributed by atoms with Gasteiger partial charge in [-0.25, -0.2) is 0 Å². The standard InChI is InChI=1S/C13H18O5/c1-2-6-18-10-5-3-4-9(7-10)13(17)11(14)8-12(15)16/h3-5,7,11,13-14,17H,2,6,8H2,1H3,(H,15,16). The van der Waals surface area contributed by atoms with Crippen LogP contribution in [0.5, 0.6) is 5.75 Å². The van der Waals surface area contributed by atoms with Crippen molar-refractivity contribution in [3.05, 3.63) is 29.8 Å². The Morgan fingerprint density at radius 2 is 2.11 bits per heavy atom. The zero-order valence-electron chi connectivity index (χ0n) is 10.2. The van der Waals surface area contributed by atoms with Crippen LogP contribution in [0.1, 0.15) is 31.4 Å². The molecule has 2 unspecified atom stereocenters. The summed E-state index contributed by atoms with van der Waals surface area (Å²) in [5.41, 5.74) is 0.442. The summed E-state index contributed by atoms with van der Waals surface area (Å²) in [6, 6.07) is 6.66. The van der Waals surface area contributed by atoms with Gasteiger partial charge in [-0.15, -0.1) is 0 Å². The quantitative estimate of drug-likeness (QED) is 0.683. The number of aliphatic hydroxyl groups excluding tert-OH is 2. The van der Waals surface area contributed by atoms with Gasteiger partial charge >= 0.3 is 5.97 Å². The lowest BCUT2D eigenvalue weighted by atomic mass is 10.0. The van der Waals surface area contributed by atoms with Crippen molar-refractivity contribution in [2.24, 2.45) is 0 Å². The van der Waals surface area contributed by atoms with Crippen molar-refractivity contribution < 1.29 is 24.9 Å². The average Bonchev–Trinajstić information content (AvgIpc) is 2.35. The number of carboxylic acid groups (broad SMARTS) is 1. The molecule has 0 aliphatic rings. The molecule has 0 saturated heterocycles. The molecule has 0 radical (unpaired) electrons. The van der Waals surface area contributed by atoms with E-state index >= 15 is 0 Å². The summed E-state index contributed by atoms with van der Waals surface area (Å²) in [5, 5.41) is 27.9. The Hall–Kier alpha value is -1.59. The fourth-order valence-electron chi connectivity index (χ4n) is 1.52. The van der Waals surface area contributed by atoms with Crippen LogP contribution in [0.2, 0.25) is 0 Å². The van der Waals surface area contributed by atoms with Gasteiger partial charge in [0.15, 0.2) is 0 Å². The SMILES string of the molecule is CCCOc1cccc(C(O)C(O)CC(=O)O)c1. The zero-order chi connectivity index (χ0) is 13.5. The second-order valence-corrected chi connectivity index (χ2v) is 4.03. The molecule has 100 valence electrons. The third kappa shape index (κ3) is 4.35. The Bertz CT molecular complexity index is 391. The van der Waals surface area contributed by atoms with Crippen LogP contribution in [0.4, 0.5) is 0 Å². The molecule has 1 aromatic carbocycles. The summed E-state index contributed by atoms with van der Waals surface area (Å²) in [7, 11) is 0. The Kier molecular flexibility index (Phi) is 5.61. The predicted octanol–water partition coefficient (Wildman–Crippen LogP) is 1.34. The van der Waals surface area contributed by atoms with E-state index < -0.39 is 24.6 Å². The number of hydrogen-bond acceptors (Lipinski definition) is 4. The first-order valence-electron chi connectivity index (χ1n) is 5.85. The van der Waals surface area contributed by atoms with Crippen LogP contribution < -0.4 is 4.74 Å². The van der Waals surface area contributed by atoms with E-state index in [2.05, 4.69) is 0 Å². The lowest BCUT2D eigenvalue weighted by Gasteiger charge is -2.17. The molecule has 0 fully saturated rings. The highest BCUT2D eigenvalue weighted by atomic mass is 16.5. The first-order valence-corrected chi connectivity index (χ1v) is 5.85. The Labute approximate surface area is 106 Å². The van der Waals surface area contributed by atoms with Crippen LogP contribution in [0.15, 0.2) is 24.3 Å². The summed E-state index contributed by atoms with van der Waals surface area (Å²) in [4.78, 5) is 10.5. The number of rotatable bonds is 7. The van der Waals surface area contributed by atoms with Crippen molar-refractivity contribution in [1.82, 2.24) is 0 Å². The highest BCUT2D eigenvalue weighted by Crippen LogP contribution is 2.23. The normalized spacial score (nSPS) is 13.9. The number of aliphatic hydroxyl groups is 2. The number of aliphatic carboxylic acids is 1. The fourth-order valence-corrected chi connectivity index (χ4v) is 1.52. The lowest BCUT2D eigenvalue weighted by molar-refractivity contribution is -0.141. The smallest absolute Gasteiger partial charge is 0.306 e. The Morgan fingerprint density at radius 3 is 2.72 bits per heavy atom. The number of carboxylic acids is 1. The molecule has 0 aromatic heterocycles. The minimum Gasteiger partial charge on any atom is -0.494 e. The van der Waals surface area contributed by atoms with Gasteiger partial charge in [-0.2, -0.15) is 0 Å². The average molecular weight is 254 g/mol. The summed E-state index contributed by atoms with van der Waals surface area (Å²) < 4.78 is 5.40. The van der Waals surface area contributed by atoms with Crippen LogP contribution in [-0.4, -0.2) is 34.0 Å². The van der Waals surface area contributed by atoms with E-state index in [9.17, 15) is 15.0 Å². The van der Waals surface area contributed by atoms with Crippen LogP contribution in [0.25, 0.3) is 0 Å². The van der Waals surface area contributed by atoms with E-state index in [1.165, 1.54) is 0 Å². The Balaban J connectivity index is 2.72.